The number of ketones is 1. The molecule has 0 saturated heterocycles. The molecule has 21 heavy (non-hydrogen) atoms. The van der Waals surface area contributed by atoms with Crippen LogP contribution in [0.4, 0.5) is 0 Å². The Labute approximate surface area is 119 Å². The van der Waals surface area contributed by atoms with Crippen LogP contribution >= 0.6 is 0 Å². The molecule has 0 amide bonds. The highest BCUT2D eigenvalue weighted by Crippen LogP contribution is 2.41. The number of carbonyl (C=O) groups is 1. The summed E-state index contributed by atoms with van der Waals surface area (Å²) in [7, 11) is 1.36. The minimum atomic E-state index is -0.573. The second kappa shape index (κ2) is 4.83. The van der Waals surface area contributed by atoms with Crippen molar-refractivity contribution in [2.45, 2.75) is 32.2 Å². The lowest BCUT2D eigenvalue weighted by Gasteiger charge is -2.09. The van der Waals surface area contributed by atoms with Crippen LogP contribution in [0.3, 0.4) is 0 Å². The van der Waals surface area contributed by atoms with E-state index in [-0.39, 0.29) is 17.9 Å². The first kappa shape index (κ1) is 13.5. The minimum Gasteiger partial charge on any atom is -0.361 e. The molecule has 2 aromatic rings. The van der Waals surface area contributed by atoms with Gasteiger partial charge in [-0.3, -0.25) is 18.7 Å². The van der Waals surface area contributed by atoms with Gasteiger partial charge in [0.15, 0.2) is 5.78 Å². The SMILES string of the molecule is CC(=O)c1cn(Cc2cnoc2C2CC2)c(=O)n(C)c1=O. The van der Waals surface area contributed by atoms with Crippen LogP contribution in [-0.2, 0) is 13.6 Å². The molecule has 0 radical (unpaired) electrons. The molecule has 0 aromatic carbocycles. The lowest BCUT2D eigenvalue weighted by molar-refractivity contribution is 0.101. The zero-order valence-electron chi connectivity index (χ0n) is 11.8. The van der Waals surface area contributed by atoms with E-state index in [1.54, 1.807) is 6.20 Å². The van der Waals surface area contributed by atoms with Crippen molar-refractivity contribution in [3.8, 4) is 0 Å². The van der Waals surface area contributed by atoms with E-state index in [0.717, 1.165) is 28.7 Å². The fourth-order valence-corrected chi connectivity index (χ4v) is 2.33. The van der Waals surface area contributed by atoms with Gasteiger partial charge in [-0.1, -0.05) is 5.16 Å². The molecule has 0 atom stereocenters. The van der Waals surface area contributed by atoms with E-state index in [0.29, 0.717) is 5.92 Å². The van der Waals surface area contributed by atoms with Crippen molar-refractivity contribution in [2.75, 3.05) is 0 Å². The summed E-state index contributed by atoms with van der Waals surface area (Å²) in [5.74, 6) is 0.801. The van der Waals surface area contributed by atoms with Crippen molar-refractivity contribution in [2.24, 2.45) is 7.05 Å². The number of aromatic nitrogens is 3. The molecule has 0 aliphatic heterocycles. The Morgan fingerprint density at radius 3 is 2.76 bits per heavy atom. The molecule has 0 unspecified atom stereocenters. The van der Waals surface area contributed by atoms with Crippen LogP contribution in [0.1, 0.15) is 47.4 Å². The predicted molar refractivity (Wildman–Crippen MR) is 73.5 cm³/mol. The molecule has 2 heterocycles. The maximum absolute atomic E-state index is 12.2. The second-order valence-corrected chi connectivity index (χ2v) is 5.36. The number of rotatable bonds is 4. The summed E-state index contributed by atoms with van der Waals surface area (Å²) in [4.78, 5) is 35.5. The summed E-state index contributed by atoms with van der Waals surface area (Å²) in [6, 6.07) is 0. The van der Waals surface area contributed by atoms with Gasteiger partial charge in [0.1, 0.15) is 5.76 Å². The minimum absolute atomic E-state index is 0.00141. The highest BCUT2D eigenvalue weighted by molar-refractivity contribution is 5.93. The van der Waals surface area contributed by atoms with E-state index in [1.807, 2.05) is 0 Å². The van der Waals surface area contributed by atoms with Crippen LogP contribution in [0.2, 0.25) is 0 Å². The molecule has 0 N–H and O–H groups in total. The first-order valence-electron chi connectivity index (χ1n) is 6.74. The van der Waals surface area contributed by atoms with Crippen molar-refractivity contribution >= 4 is 5.78 Å². The second-order valence-electron chi connectivity index (χ2n) is 5.36. The molecule has 2 aromatic heterocycles. The van der Waals surface area contributed by atoms with Crippen molar-refractivity contribution in [1.29, 1.82) is 0 Å². The topological polar surface area (TPSA) is 87.1 Å². The van der Waals surface area contributed by atoms with Gasteiger partial charge in [-0.2, -0.15) is 0 Å². The average Bonchev–Trinajstić information content (AvgIpc) is 3.19. The van der Waals surface area contributed by atoms with Gasteiger partial charge in [-0.15, -0.1) is 0 Å². The lowest BCUT2D eigenvalue weighted by Crippen LogP contribution is -2.40. The van der Waals surface area contributed by atoms with E-state index in [1.165, 1.54) is 24.7 Å². The Kier molecular flexibility index (Phi) is 3.12. The summed E-state index contributed by atoms with van der Waals surface area (Å²) in [5, 5.41) is 3.78. The highest BCUT2D eigenvalue weighted by atomic mass is 16.5. The Bertz CT molecular complexity index is 823. The van der Waals surface area contributed by atoms with Crippen molar-refractivity contribution < 1.29 is 9.32 Å². The van der Waals surface area contributed by atoms with Crippen LogP contribution in [0, 0.1) is 0 Å². The third-order valence-electron chi connectivity index (χ3n) is 3.70. The Balaban J connectivity index is 2.06. The molecule has 0 bridgehead atoms. The van der Waals surface area contributed by atoms with Gasteiger partial charge in [-0.05, 0) is 19.8 Å². The normalized spacial score (nSPS) is 14.4. The Hall–Kier alpha value is -2.44. The van der Waals surface area contributed by atoms with Gasteiger partial charge < -0.3 is 4.52 Å². The molecule has 1 fully saturated rings. The monoisotopic (exact) mass is 289 g/mol. The van der Waals surface area contributed by atoms with E-state index in [2.05, 4.69) is 5.16 Å². The molecule has 7 heteroatoms. The van der Waals surface area contributed by atoms with E-state index < -0.39 is 11.2 Å². The lowest BCUT2D eigenvalue weighted by atomic mass is 10.2. The van der Waals surface area contributed by atoms with Crippen LogP contribution in [0.15, 0.2) is 26.5 Å². The third kappa shape index (κ3) is 2.35. The summed E-state index contributed by atoms with van der Waals surface area (Å²) in [5.41, 5.74) is -0.223. The van der Waals surface area contributed by atoms with E-state index in [4.69, 9.17) is 4.52 Å². The van der Waals surface area contributed by atoms with E-state index >= 15 is 0 Å². The van der Waals surface area contributed by atoms with Crippen LogP contribution < -0.4 is 11.2 Å². The zero-order chi connectivity index (χ0) is 15.1. The number of Topliss-reactive ketones (excluding diaryl/α,β-unsaturated/α-hetero) is 1. The average molecular weight is 289 g/mol. The van der Waals surface area contributed by atoms with Gasteiger partial charge in [0.05, 0.1) is 18.3 Å². The summed E-state index contributed by atoms with van der Waals surface area (Å²) < 4.78 is 7.52. The number of hydrogen-bond donors (Lipinski definition) is 0. The quantitative estimate of drug-likeness (QED) is 0.772. The summed E-state index contributed by atoms with van der Waals surface area (Å²) in [6.45, 7) is 1.54. The molecular weight excluding hydrogens is 274 g/mol. The van der Waals surface area contributed by atoms with Crippen molar-refractivity contribution in [3.63, 3.8) is 0 Å². The Morgan fingerprint density at radius 1 is 1.43 bits per heavy atom. The first-order valence-corrected chi connectivity index (χ1v) is 6.74. The molecule has 110 valence electrons. The molecule has 0 spiro atoms. The van der Waals surface area contributed by atoms with Crippen LogP contribution in [0.25, 0.3) is 0 Å². The van der Waals surface area contributed by atoms with E-state index in [9.17, 15) is 14.4 Å². The van der Waals surface area contributed by atoms with Gasteiger partial charge in [-0.25, -0.2) is 4.79 Å². The van der Waals surface area contributed by atoms with Gasteiger partial charge in [0.25, 0.3) is 5.56 Å². The predicted octanol–water partition coefficient (Wildman–Crippen LogP) is 0.663. The molecular formula is C14H15N3O4. The van der Waals surface area contributed by atoms with Gasteiger partial charge in [0.2, 0.25) is 0 Å². The molecule has 3 rings (SSSR count). The van der Waals surface area contributed by atoms with Gasteiger partial charge >= 0.3 is 5.69 Å². The molecule has 1 saturated carbocycles. The van der Waals surface area contributed by atoms with Crippen molar-refractivity contribution in [1.82, 2.24) is 14.3 Å². The highest BCUT2D eigenvalue weighted by Gasteiger charge is 2.30. The molecule has 1 aliphatic carbocycles. The fourth-order valence-electron chi connectivity index (χ4n) is 2.33. The first-order chi connectivity index (χ1) is 9.99. The maximum Gasteiger partial charge on any atom is 0.331 e. The number of nitrogens with zero attached hydrogens (tertiary/aromatic N) is 3. The van der Waals surface area contributed by atoms with Crippen LogP contribution in [0.5, 0.6) is 0 Å². The largest absolute Gasteiger partial charge is 0.361 e. The fraction of sp³-hybridized carbons (Fsp3) is 0.429. The number of hydrogen-bond acceptors (Lipinski definition) is 5. The zero-order valence-corrected chi connectivity index (χ0v) is 11.8. The smallest absolute Gasteiger partial charge is 0.331 e. The third-order valence-corrected chi connectivity index (χ3v) is 3.70. The molecule has 1 aliphatic rings. The standard InChI is InChI=1S/C14H15N3O4/c1-8(18)11-7-17(14(20)16(2)13(11)19)6-10-5-15-21-12(10)9-3-4-9/h5,7,9H,3-4,6H2,1-2H3. The molecule has 7 nitrogen and oxygen atoms in total. The summed E-state index contributed by atoms with van der Waals surface area (Å²) in [6.07, 6.45) is 5.02. The van der Waals surface area contributed by atoms with Crippen molar-refractivity contribution in [3.05, 3.63) is 50.1 Å². The maximum atomic E-state index is 12.2. The summed E-state index contributed by atoms with van der Waals surface area (Å²) >= 11 is 0. The Morgan fingerprint density at radius 2 is 2.14 bits per heavy atom. The van der Waals surface area contributed by atoms with Crippen LogP contribution in [-0.4, -0.2) is 20.1 Å². The van der Waals surface area contributed by atoms with Gasteiger partial charge in [0, 0.05) is 24.7 Å². The number of carbonyl (C=O) groups excluding carboxylic acids is 1.